The lowest BCUT2D eigenvalue weighted by Gasteiger charge is -2.31. The van der Waals surface area contributed by atoms with E-state index in [9.17, 15) is 9.90 Å². The summed E-state index contributed by atoms with van der Waals surface area (Å²) in [5.74, 6) is 0.417. The van der Waals surface area contributed by atoms with Gasteiger partial charge in [-0.3, -0.25) is 10.2 Å². The Morgan fingerprint density at radius 1 is 1.29 bits per heavy atom. The van der Waals surface area contributed by atoms with Gasteiger partial charge < -0.3 is 10.8 Å². The van der Waals surface area contributed by atoms with Crippen LogP contribution in [0.4, 0.5) is 9.80 Å². The fraction of sp³-hybridized carbons (Fsp3) is 0.389. The number of nitrogens with one attached hydrogen (secondary N) is 1. The molecule has 4 N–H and O–H groups in total. The van der Waals surface area contributed by atoms with E-state index in [0.29, 0.717) is 5.92 Å². The topological polar surface area (TPSA) is 78.6 Å². The standard InChI is InChI=1S/C18H23N3O2S/c19-18(23)20-17-8-7-16(24-17)15-5-3-13(4-6-15)10-21-9-1-2-14(11-21)12-22/h3-8,14,22H,1-2,9-12H2,(H3,19,20,23). The highest BCUT2D eigenvalue weighted by Crippen LogP contribution is 2.31. The number of hydrogen-bond donors (Lipinski definition) is 3. The van der Waals surface area contributed by atoms with E-state index < -0.39 is 6.03 Å². The molecular weight excluding hydrogens is 322 g/mol. The molecule has 6 heteroatoms. The summed E-state index contributed by atoms with van der Waals surface area (Å²) >= 11 is 1.51. The Kier molecular flexibility index (Phi) is 5.50. The number of thiophene rings is 1. The molecule has 1 aliphatic heterocycles. The zero-order valence-corrected chi connectivity index (χ0v) is 14.4. The van der Waals surface area contributed by atoms with Crippen LogP contribution in [0.5, 0.6) is 0 Å². The van der Waals surface area contributed by atoms with Crippen LogP contribution in [0.2, 0.25) is 0 Å². The van der Waals surface area contributed by atoms with E-state index in [2.05, 4.69) is 34.5 Å². The number of rotatable bonds is 5. The van der Waals surface area contributed by atoms with Crippen molar-refractivity contribution in [1.82, 2.24) is 4.90 Å². The average molecular weight is 345 g/mol. The van der Waals surface area contributed by atoms with Crippen molar-refractivity contribution < 1.29 is 9.90 Å². The van der Waals surface area contributed by atoms with Crippen LogP contribution in [0.1, 0.15) is 18.4 Å². The lowest BCUT2D eigenvalue weighted by Crippen LogP contribution is -2.36. The molecule has 1 saturated heterocycles. The minimum Gasteiger partial charge on any atom is -0.396 e. The largest absolute Gasteiger partial charge is 0.396 e. The minimum atomic E-state index is -0.540. The Balaban J connectivity index is 1.62. The van der Waals surface area contributed by atoms with Gasteiger partial charge in [0.15, 0.2) is 0 Å². The average Bonchev–Trinajstić information content (AvgIpc) is 3.03. The minimum absolute atomic E-state index is 0.287. The number of piperidine rings is 1. The Bertz CT molecular complexity index is 684. The van der Waals surface area contributed by atoms with Gasteiger partial charge in [0, 0.05) is 24.6 Å². The van der Waals surface area contributed by atoms with E-state index in [0.717, 1.165) is 47.9 Å². The van der Waals surface area contributed by atoms with Gasteiger partial charge in [0.05, 0.1) is 5.00 Å². The van der Waals surface area contributed by atoms with Crippen molar-refractivity contribution in [1.29, 1.82) is 0 Å². The van der Waals surface area contributed by atoms with Gasteiger partial charge in [-0.1, -0.05) is 24.3 Å². The SMILES string of the molecule is NC(=O)Nc1ccc(-c2ccc(CN3CCCC(CO)C3)cc2)s1. The van der Waals surface area contributed by atoms with Gasteiger partial charge in [-0.15, -0.1) is 11.3 Å². The molecule has 1 aliphatic rings. The summed E-state index contributed by atoms with van der Waals surface area (Å²) < 4.78 is 0. The number of carbonyl (C=O) groups excluding carboxylic acids is 1. The number of amides is 2. The zero-order valence-electron chi connectivity index (χ0n) is 13.6. The molecule has 1 fully saturated rings. The summed E-state index contributed by atoms with van der Waals surface area (Å²) in [7, 11) is 0. The first-order valence-electron chi connectivity index (χ1n) is 8.23. The summed E-state index contributed by atoms with van der Waals surface area (Å²) in [6.07, 6.45) is 2.29. The molecule has 0 bridgehead atoms. The first kappa shape index (κ1) is 17.0. The van der Waals surface area contributed by atoms with Gasteiger partial charge in [0.25, 0.3) is 0 Å². The lowest BCUT2D eigenvalue weighted by atomic mass is 9.98. The third-order valence-electron chi connectivity index (χ3n) is 4.36. The summed E-state index contributed by atoms with van der Waals surface area (Å²) in [6, 6.07) is 11.8. The van der Waals surface area contributed by atoms with Crippen molar-refractivity contribution in [3.63, 3.8) is 0 Å². The van der Waals surface area contributed by atoms with Crippen LogP contribution in [0.3, 0.4) is 0 Å². The van der Waals surface area contributed by atoms with E-state index in [1.165, 1.54) is 16.9 Å². The summed E-state index contributed by atoms with van der Waals surface area (Å²) in [5, 5.41) is 12.7. The van der Waals surface area contributed by atoms with Crippen LogP contribution in [0.25, 0.3) is 10.4 Å². The number of nitrogens with zero attached hydrogens (tertiary/aromatic N) is 1. The van der Waals surface area contributed by atoms with Crippen molar-refractivity contribution in [3.8, 4) is 10.4 Å². The molecule has 2 heterocycles. The van der Waals surface area contributed by atoms with E-state index in [-0.39, 0.29) is 6.61 Å². The van der Waals surface area contributed by atoms with Crippen molar-refractivity contribution >= 4 is 22.4 Å². The predicted octanol–water partition coefficient (Wildman–Crippen LogP) is 3.11. The van der Waals surface area contributed by atoms with Gasteiger partial charge in [0.2, 0.25) is 0 Å². The molecule has 3 rings (SSSR count). The molecule has 2 aromatic rings. The first-order valence-corrected chi connectivity index (χ1v) is 9.04. The van der Waals surface area contributed by atoms with Crippen LogP contribution < -0.4 is 11.1 Å². The third kappa shape index (κ3) is 4.35. The van der Waals surface area contributed by atoms with E-state index in [1.54, 1.807) is 0 Å². The second-order valence-electron chi connectivity index (χ2n) is 6.28. The van der Waals surface area contributed by atoms with E-state index in [1.807, 2.05) is 12.1 Å². The molecule has 1 unspecified atom stereocenters. The van der Waals surface area contributed by atoms with Crippen LogP contribution >= 0.6 is 11.3 Å². The maximum atomic E-state index is 10.9. The zero-order chi connectivity index (χ0) is 16.9. The molecule has 2 amide bonds. The number of aliphatic hydroxyl groups is 1. The third-order valence-corrected chi connectivity index (χ3v) is 5.41. The molecule has 0 aliphatic carbocycles. The van der Waals surface area contributed by atoms with Gasteiger partial charge in [-0.05, 0) is 48.6 Å². The maximum absolute atomic E-state index is 10.9. The highest BCUT2D eigenvalue weighted by atomic mass is 32.1. The van der Waals surface area contributed by atoms with Crippen LogP contribution in [-0.2, 0) is 6.54 Å². The Labute approximate surface area is 146 Å². The molecule has 0 spiro atoms. The van der Waals surface area contributed by atoms with Crippen molar-refractivity contribution in [2.75, 3.05) is 25.0 Å². The van der Waals surface area contributed by atoms with Crippen molar-refractivity contribution in [2.24, 2.45) is 11.7 Å². The smallest absolute Gasteiger partial charge is 0.317 e. The predicted molar refractivity (Wildman–Crippen MR) is 98.0 cm³/mol. The van der Waals surface area contributed by atoms with Gasteiger partial charge in [0.1, 0.15) is 0 Å². The molecule has 1 atom stereocenters. The molecule has 128 valence electrons. The molecule has 5 nitrogen and oxygen atoms in total. The van der Waals surface area contributed by atoms with Crippen molar-refractivity contribution in [2.45, 2.75) is 19.4 Å². The quantitative estimate of drug-likeness (QED) is 0.779. The molecular formula is C18H23N3O2S. The fourth-order valence-electron chi connectivity index (χ4n) is 3.16. The van der Waals surface area contributed by atoms with E-state index >= 15 is 0 Å². The first-order chi connectivity index (χ1) is 11.6. The monoisotopic (exact) mass is 345 g/mol. The summed E-state index contributed by atoms with van der Waals surface area (Å²) in [5.41, 5.74) is 7.55. The van der Waals surface area contributed by atoms with E-state index in [4.69, 9.17) is 5.73 Å². The Hall–Kier alpha value is -1.89. The number of urea groups is 1. The van der Waals surface area contributed by atoms with Crippen LogP contribution in [0.15, 0.2) is 36.4 Å². The number of likely N-dealkylation sites (tertiary alicyclic amines) is 1. The summed E-state index contributed by atoms with van der Waals surface area (Å²) in [6.45, 7) is 3.29. The molecule has 1 aromatic heterocycles. The van der Waals surface area contributed by atoms with Crippen molar-refractivity contribution in [3.05, 3.63) is 42.0 Å². The number of aliphatic hydroxyl groups excluding tert-OH is 1. The van der Waals surface area contributed by atoms with Gasteiger partial charge >= 0.3 is 6.03 Å². The Morgan fingerprint density at radius 3 is 2.79 bits per heavy atom. The number of primary amides is 1. The van der Waals surface area contributed by atoms with Crippen LogP contribution in [-0.4, -0.2) is 35.7 Å². The number of carbonyl (C=O) groups is 1. The molecule has 1 aromatic carbocycles. The van der Waals surface area contributed by atoms with Crippen LogP contribution in [0, 0.1) is 5.92 Å². The second kappa shape index (κ2) is 7.79. The molecule has 0 radical (unpaired) electrons. The molecule has 24 heavy (non-hydrogen) atoms. The lowest BCUT2D eigenvalue weighted by molar-refractivity contribution is 0.116. The maximum Gasteiger partial charge on any atom is 0.317 e. The normalized spacial score (nSPS) is 18.5. The summed E-state index contributed by atoms with van der Waals surface area (Å²) in [4.78, 5) is 14.4. The molecule has 0 saturated carbocycles. The number of benzene rings is 1. The highest BCUT2D eigenvalue weighted by Gasteiger charge is 2.19. The highest BCUT2D eigenvalue weighted by molar-refractivity contribution is 7.19. The second-order valence-corrected chi connectivity index (χ2v) is 7.36. The van der Waals surface area contributed by atoms with Gasteiger partial charge in [-0.25, -0.2) is 4.79 Å². The number of anilines is 1. The number of hydrogen-bond acceptors (Lipinski definition) is 4. The Morgan fingerprint density at radius 2 is 2.08 bits per heavy atom. The fourth-order valence-corrected chi connectivity index (χ4v) is 4.07. The number of nitrogens with two attached hydrogens (primary N) is 1. The van der Waals surface area contributed by atoms with Gasteiger partial charge in [-0.2, -0.15) is 0 Å².